The van der Waals surface area contributed by atoms with Crippen molar-refractivity contribution in [3.63, 3.8) is 0 Å². The van der Waals surface area contributed by atoms with Gasteiger partial charge in [0.05, 0.1) is 13.0 Å². The molecule has 3 N–H and O–H groups in total. The summed E-state index contributed by atoms with van der Waals surface area (Å²) in [6.07, 6.45) is 0.317. The van der Waals surface area contributed by atoms with Gasteiger partial charge in [0.15, 0.2) is 0 Å². The van der Waals surface area contributed by atoms with Crippen LogP contribution in [0.1, 0.15) is 36.3 Å². The number of carbonyl (C=O) groups is 4. The summed E-state index contributed by atoms with van der Waals surface area (Å²) in [5.74, 6) is -2.41. The van der Waals surface area contributed by atoms with Crippen molar-refractivity contribution in [3.05, 3.63) is 59.7 Å². The number of hydrogen-bond donors (Lipinski definition) is 3. The number of carboxylic acids is 1. The van der Waals surface area contributed by atoms with Crippen molar-refractivity contribution in [1.82, 2.24) is 15.5 Å². The van der Waals surface area contributed by atoms with Crippen LogP contribution >= 0.6 is 0 Å². The van der Waals surface area contributed by atoms with E-state index in [0.29, 0.717) is 13.1 Å². The Morgan fingerprint density at radius 2 is 1.56 bits per heavy atom. The molecule has 1 heterocycles. The van der Waals surface area contributed by atoms with Crippen LogP contribution < -0.4 is 10.6 Å². The van der Waals surface area contributed by atoms with E-state index in [1.807, 2.05) is 48.5 Å². The van der Waals surface area contributed by atoms with Crippen molar-refractivity contribution in [3.8, 4) is 11.1 Å². The Bertz CT molecular complexity index is 1050. The molecule has 1 aliphatic carbocycles. The first-order valence-corrected chi connectivity index (χ1v) is 11.3. The van der Waals surface area contributed by atoms with E-state index in [2.05, 4.69) is 10.6 Å². The molecule has 0 radical (unpaired) electrons. The Balaban J connectivity index is 1.35. The van der Waals surface area contributed by atoms with Crippen molar-refractivity contribution in [2.75, 3.05) is 26.2 Å². The summed E-state index contributed by atoms with van der Waals surface area (Å²) in [4.78, 5) is 50.0. The number of carbonyl (C=O) groups excluding carboxylic acids is 3. The number of ether oxygens (including phenoxy) is 1. The Morgan fingerprint density at radius 3 is 2.15 bits per heavy atom. The van der Waals surface area contributed by atoms with Gasteiger partial charge in [0, 0.05) is 19.0 Å². The third-order valence-electron chi connectivity index (χ3n) is 6.20. The molecule has 1 aliphatic heterocycles. The van der Waals surface area contributed by atoms with E-state index >= 15 is 0 Å². The van der Waals surface area contributed by atoms with Gasteiger partial charge < -0.3 is 25.4 Å². The van der Waals surface area contributed by atoms with E-state index in [-0.39, 0.29) is 25.0 Å². The molecule has 9 heteroatoms. The third kappa shape index (κ3) is 5.19. The molecular formula is C25H27N3O6. The number of alkyl carbamates (subject to hydrolysis) is 1. The van der Waals surface area contributed by atoms with Gasteiger partial charge in [-0.15, -0.1) is 0 Å². The molecule has 34 heavy (non-hydrogen) atoms. The van der Waals surface area contributed by atoms with Crippen molar-refractivity contribution in [2.45, 2.75) is 31.2 Å². The quantitative estimate of drug-likeness (QED) is 0.548. The Labute approximate surface area is 197 Å². The highest BCUT2D eigenvalue weighted by molar-refractivity contribution is 5.92. The number of amides is 3. The van der Waals surface area contributed by atoms with Crippen LogP contribution in [0.25, 0.3) is 11.1 Å². The van der Waals surface area contributed by atoms with Crippen LogP contribution in [0.4, 0.5) is 4.79 Å². The van der Waals surface area contributed by atoms with E-state index in [0.717, 1.165) is 35.1 Å². The monoisotopic (exact) mass is 465 g/mol. The van der Waals surface area contributed by atoms with Crippen LogP contribution in [0.3, 0.4) is 0 Å². The lowest BCUT2D eigenvalue weighted by atomic mass is 9.98. The summed E-state index contributed by atoms with van der Waals surface area (Å²) < 4.78 is 5.41. The largest absolute Gasteiger partial charge is 0.481 e. The molecule has 2 aromatic rings. The molecule has 0 bridgehead atoms. The lowest BCUT2D eigenvalue weighted by Crippen LogP contribution is -2.50. The highest BCUT2D eigenvalue weighted by atomic mass is 16.5. The minimum atomic E-state index is -1.36. The summed E-state index contributed by atoms with van der Waals surface area (Å²) in [5, 5.41) is 13.9. The van der Waals surface area contributed by atoms with Crippen LogP contribution in [0.5, 0.6) is 0 Å². The highest BCUT2D eigenvalue weighted by Gasteiger charge is 2.30. The van der Waals surface area contributed by atoms with Crippen LogP contribution in [0, 0.1) is 0 Å². The predicted octanol–water partition coefficient (Wildman–Crippen LogP) is 2.11. The van der Waals surface area contributed by atoms with E-state index in [1.54, 1.807) is 4.90 Å². The molecule has 0 aromatic heterocycles. The maximum Gasteiger partial charge on any atom is 0.407 e. The van der Waals surface area contributed by atoms with E-state index < -0.39 is 30.4 Å². The SMILES string of the molecule is O=C(O)CC(NC(=O)OCC1c2ccccc2-c2ccccc21)C(=O)NCC(=O)N1CCCC1. The van der Waals surface area contributed by atoms with Crippen LogP contribution in [-0.4, -0.2) is 66.2 Å². The molecule has 1 saturated heterocycles. The highest BCUT2D eigenvalue weighted by Crippen LogP contribution is 2.44. The van der Waals surface area contributed by atoms with E-state index in [4.69, 9.17) is 9.84 Å². The molecular weight excluding hydrogens is 438 g/mol. The van der Waals surface area contributed by atoms with Gasteiger partial charge in [-0.1, -0.05) is 48.5 Å². The predicted molar refractivity (Wildman–Crippen MR) is 123 cm³/mol. The number of aliphatic carboxylic acids is 1. The summed E-state index contributed by atoms with van der Waals surface area (Å²) in [6, 6.07) is 14.4. The Morgan fingerprint density at radius 1 is 0.971 bits per heavy atom. The first-order chi connectivity index (χ1) is 16.4. The Hall–Kier alpha value is -3.88. The number of likely N-dealkylation sites (tertiary alicyclic amines) is 1. The molecule has 9 nitrogen and oxygen atoms in total. The first kappa shape index (κ1) is 23.3. The Kier molecular flexibility index (Phi) is 7.10. The average Bonchev–Trinajstić information content (AvgIpc) is 3.47. The molecule has 2 aliphatic rings. The molecule has 2 aromatic carbocycles. The molecule has 1 unspecified atom stereocenters. The number of fused-ring (bicyclic) bond motifs is 3. The summed E-state index contributed by atoms with van der Waals surface area (Å²) in [7, 11) is 0. The molecule has 0 spiro atoms. The lowest BCUT2D eigenvalue weighted by molar-refractivity contribution is -0.140. The molecule has 0 saturated carbocycles. The number of rotatable bonds is 8. The fourth-order valence-corrected chi connectivity index (χ4v) is 4.53. The van der Waals surface area contributed by atoms with Crippen LogP contribution in [0.15, 0.2) is 48.5 Å². The molecule has 4 rings (SSSR count). The number of hydrogen-bond acceptors (Lipinski definition) is 5. The number of benzene rings is 2. The van der Waals surface area contributed by atoms with Crippen molar-refractivity contribution < 1.29 is 29.0 Å². The molecule has 1 fully saturated rings. The van der Waals surface area contributed by atoms with E-state index in [9.17, 15) is 19.2 Å². The second-order valence-corrected chi connectivity index (χ2v) is 8.43. The minimum Gasteiger partial charge on any atom is -0.481 e. The van der Waals surface area contributed by atoms with Gasteiger partial charge in [0.25, 0.3) is 0 Å². The molecule has 178 valence electrons. The van der Waals surface area contributed by atoms with Crippen molar-refractivity contribution in [1.29, 1.82) is 0 Å². The smallest absolute Gasteiger partial charge is 0.407 e. The zero-order chi connectivity index (χ0) is 24.1. The maximum absolute atomic E-state index is 12.5. The standard InChI is InChI=1S/C25H27N3O6/c29-22(28-11-5-6-12-28)14-26-24(32)21(13-23(30)31)27-25(33)34-15-20-18-9-3-1-7-16(18)17-8-2-4-10-19(17)20/h1-4,7-10,20-21H,5-6,11-15H2,(H,26,32)(H,27,33)(H,30,31). The summed E-state index contributed by atoms with van der Waals surface area (Å²) in [6.45, 7) is 1.08. The summed E-state index contributed by atoms with van der Waals surface area (Å²) in [5.41, 5.74) is 4.24. The van der Waals surface area contributed by atoms with Gasteiger partial charge in [-0.3, -0.25) is 14.4 Å². The van der Waals surface area contributed by atoms with Crippen LogP contribution in [0.2, 0.25) is 0 Å². The fourth-order valence-electron chi connectivity index (χ4n) is 4.53. The fraction of sp³-hybridized carbons (Fsp3) is 0.360. The van der Waals surface area contributed by atoms with Crippen molar-refractivity contribution in [2.24, 2.45) is 0 Å². The molecule has 1 atom stereocenters. The lowest BCUT2D eigenvalue weighted by Gasteiger charge is -2.20. The van der Waals surface area contributed by atoms with Gasteiger partial charge in [0.1, 0.15) is 12.6 Å². The van der Waals surface area contributed by atoms with Gasteiger partial charge in [-0.2, -0.15) is 0 Å². The van der Waals surface area contributed by atoms with E-state index in [1.165, 1.54) is 0 Å². The minimum absolute atomic E-state index is 0.0364. The maximum atomic E-state index is 12.5. The van der Waals surface area contributed by atoms with Gasteiger partial charge in [-0.05, 0) is 35.1 Å². The van der Waals surface area contributed by atoms with Crippen LogP contribution in [-0.2, 0) is 19.1 Å². The zero-order valence-corrected chi connectivity index (χ0v) is 18.7. The average molecular weight is 466 g/mol. The topological polar surface area (TPSA) is 125 Å². The normalized spacial score (nSPS) is 15.2. The third-order valence-corrected chi connectivity index (χ3v) is 6.20. The second-order valence-electron chi connectivity index (χ2n) is 8.43. The first-order valence-electron chi connectivity index (χ1n) is 11.3. The van der Waals surface area contributed by atoms with Gasteiger partial charge >= 0.3 is 12.1 Å². The van der Waals surface area contributed by atoms with Gasteiger partial charge in [-0.25, -0.2) is 4.79 Å². The number of nitrogens with one attached hydrogen (secondary N) is 2. The summed E-state index contributed by atoms with van der Waals surface area (Å²) >= 11 is 0. The van der Waals surface area contributed by atoms with Crippen molar-refractivity contribution >= 4 is 23.9 Å². The second kappa shape index (κ2) is 10.4. The number of nitrogens with zero attached hydrogens (tertiary/aromatic N) is 1. The zero-order valence-electron chi connectivity index (χ0n) is 18.7. The molecule has 3 amide bonds. The van der Waals surface area contributed by atoms with Gasteiger partial charge in [0.2, 0.25) is 11.8 Å². The number of carboxylic acid groups (broad SMARTS) is 1.